The monoisotopic (exact) mass is 1500 g/mol. The highest BCUT2D eigenvalue weighted by atomic mass is 19.2. The molecule has 0 spiro atoms. The summed E-state index contributed by atoms with van der Waals surface area (Å²) < 4.78 is 110. The molecule has 5 amide bonds. The number of carbonyl (C=O) groups excluding carboxylic acids is 5. The number of nitrogens with two attached hydrogens (primary N) is 1. The van der Waals surface area contributed by atoms with E-state index >= 15 is 0 Å². The third-order valence-corrected chi connectivity index (χ3v) is 23.8. The predicted octanol–water partition coefficient (Wildman–Crippen LogP) is 9.15. The molecular weight excluding hydrogens is 1420 g/mol. The molecule has 6 saturated carbocycles. The van der Waals surface area contributed by atoms with Gasteiger partial charge in [-0.2, -0.15) is 0 Å². The van der Waals surface area contributed by atoms with E-state index in [-0.39, 0.29) is 108 Å². The molecule has 25 nitrogen and oxygen atoms in total. The molecule has 6 aliphatic carbocycles. The van der Waals surface area contributed by atoms with Crippen molar-refractivity contribution in [2.45, 2.75) is 234 Å². The fourth-order valence-corrected chi connectivity index (χ4v) is 18.7. The van der Waals surface area contributed by atoms with Crippen LogP contribution in [0.4, 0.5) is 26.3 Å². The summed E-state index contributed by atoms with van der Waals surface area (Å²) in [5.74, 6) is -10.1. The van der Waals surface area contributed by atoms with Gasteiger partial charge < -0.3 is 79.0 Å². The topological polar surface area (TPSA) is 326 Å². The lowest BCUT2D eigenvalue weighted by molar-refractivity contribution is -0.132. The number of nitrogens with zero attached hydrogens (tertiary/aromatic N) is 6. The van der Waals surface area contributed by atoms with Gasteiger partial charge in [0.1, 0.15) is 51.6 Å². The molecule has 7 N–H and O–H groups in total. The number of pyridine rings is 3. The molecule has 9 heterocycles. The fraction of sp³-hybridized carbons (Fsp3) is 0.494. The Morgan fingerprint density at radius 2 is 0.815 bits per heavy atom. The van der Waals surface area contributed by atoms with Crippen LogP contribution in [-0.4, -0.2) is 141 Å². The number of amides is 5. The lowest BCUT2D eigenvalue weighted by Gasteiger charge is -2.44. The molecule has 3 aromatic heterocycles. The van der Waals surface area contributed by atoms with Gasteiger partial charge in [0.2, 0.25) is 16.3 Å². The maximum absolute atomic E-state index is 14.7. The van der Waals surface area contributed by atoms with Crippen LogP contribution in [0.3, 0.4) is 0 Å². The Kier molecular flexibility index (Phi) is 20.1. The number of methoxy groups -OCH3 is 1. The van der Waals surface area contributed by atoms with E-state index in [1.807, 2.05) is 0 Å². The van der Waals surface area contributed by atoms with Crippen molar-refractivity contribution in [2.75, 3.05) is 7.11 Å². The van der Waals surface area contributed by atoms with Crippen molar-refractivity contribution in [1.29, 1.82) is 0 Å². The van der Waals surface area contributed by atoms with Gasteiger partial charge in [-0.25, -0.2) is 31.1 Å². The molecule has 6 aromatic rings. The Balaban J connectivity index is 0.000000126. The Bertz CT molecular complexity index is 4660. The molecule has 3 saturated heterocycles. The first kappa shape index (κ1) is 75.0. The number of aromatic carboxylic acids is 1. The van der Waals surface area contributed by atoms with E-state index in [0.29, 0.717) is 37.8 Å². The molecule has 108 heavy (non-hydrogen) atoms. The second-order valence-electron chi connectivity index (χ2n) is 30.1. The van der Waals surface area contributed by atoms with Gasteiger partial charge in [0.05, 0.1) is 56.1 Å². The summed E-state index contributed by atoms with van der Waals surface area (Å²) >= 11 is 0. The number of aromatic nitrogens is 3. The highest BCUT2D eigenvalue weighted by molar-refractivity contribution is 6.01. The number of carboxylic acids is 1. The highest BCUT2D eigenvalue weighted by Crippen LogP contribution is 2.46. The van der Waals surface area contributed by atoms with Crippen LogP contribution in [0.2, 0.25) is 0 Å². The zero-order valence-electron chi connectivity index (χ0n) is 58.3. The molecular formula is C77H83F6N9O16. The summed E-state index contributed by atoms with van der Waals surface area (Å²) in [6.45, 7) is 0.658. The second kappa shape index (κ2) is 28.9. The number of hydrogen-bond acceptors (Lipinski definition) is 16. The lowest BCUT2D eigenvalue weighted by Crippen LogP contribution is -2.57. The smallest absolute Gasteiger partial charge is 0.341 e. The van der Waals surface area contributed by atoms with Gasteiger partial charge in [0, 0.05) is 77.1 Å². The van der Waals surface area contributed by atoms with Crippen LogP contribution < -0.4 is 37.4 Å². The van der Waals surface area contributed by atoms with E-state index in [9.17, 15) is 84.8 Å². The Morgan fingerprint density at radius 3 is 1.17 bits per heavy atom. The number of carboxylic acid groups (broad SMARTS) is 1. The standard InChI is InChI=1S/2C25H25F2N3O5.C15H16N2O6.C11H13F2N.CH4/c2*26-13-3-6-17(18(27)9-13)25(7-1-2-8-25)28-23(33)16-11-29-12-19-30(14-4-5-15(10-14)35-19)24(34)20(29)22(32)21(16)31;1-22-13-11-14(19)17-7-2-3-8(4-7)23-10(17)6-16(11)5-9(12(13)18)15(20)21;12-8-3-4-9(10(13)7-8)11(14)5-1-2-6-11;/h2*3,6,9,11,14-15,19,32H,1-2,4-5,7-8,10,12H2,(H,28,33);5,7-8,10H,2-4,6H2,1H3,(H,20,21);3-4,7H,1-2,5-6,14H2;1H4/t2*14-,15+,19?;7-,8+,10?;;/m111../s1. The summed E-state index contributed by atoms with van der Waals surface area (Å²) in [4.78, 5) is 120. The Labute approximate surface area is 614 Å². The van der Waals surface area contributed by atoms with Crippen LogP contribution in [0.1, 0.15) is 221 Å². The first-order valence-electron chi connectivity index (χ1n) is 36.4. The number of aromatic hydroxyl groups is 2. The number of nitrogens with one attached hydrogen (secondary N) is 2. The first-order valence-corrected chi connectivity index (χ1v) is 36.4. The van der Waals surface area contributed by atoms with Crippen molar-refractivity contribution in [2.24, 2.45) is 5.73 Å². The molecule has 12 aliphatic rings. The van der Waals surface area contributed by atoms with E-state index in [1.54, 1.807) is 14.7 Å². The van der Waals surface area contributed by atoms with Crippen molar-refractivity contribution in [1.82, 2.24) is 39.0 Å². The van der Waals surface area contributed by atoms with Gasteiger partial charge >= 0.3 is 5.97 Å². The molecule has 9 atom stereocenters. The van der Waals surface area contributed by atoms with Crippen LogP contribution in [0.15, 0.2) is 87.6 Å². The number of hydrogen-bond donors (Lipinski definition) is 6. The zero-order chi connectivity index (χ0) is 75.4. The van der Waals surface area contributed by atoms with Gasteiger partial charge in [-0.05, 0) is 115 Å². The van der Waals surface area contributed by atoms with E-state index in [0.717, 1.165) is 139 Å². The Hall–Kier alpha value is -9.85. The number of carbonyl (C=O) groups is 6. The van der Waals surface area contributed by atoms with Crippen LogP contribution in [0.5, 0.6) is 17.2 Å². The molecule has 6 aliphatic heterocycles. The third kappa shape index (κ3) is 13.2. The lowest BCUT2D eigenvalue weighted by atomic mass is 9.87. The molecule has 3 aromatic carbocycles. The number of halogens is 6. The van der Waals surface area contributed by atoms with Crippen LogP contribution in [0, 0.1) is 34.9 Å². The predicted molar refractivity (Wildman–Crippen MR) is 372 cm³/mol. The summed E-state index contributed by atoms with van der Waals surface area (Å²) in [7, 11) is 1.26. The third-order valence-electron chi connectivity index (χ3n) is 23.8. The second-order valence-corrected chi connectivity index (χ2v) is 30.1. The molecule has 18 rings (SSSR count). The summed E-state index contributed by atoms with van der Waals surface area (Å²) in [6.07, 6.45) is 18.1. The van der Waals surface area contributed by atoms with Crippen molar-refractivity contribution in [3.63, 3.8) is 0 Å². The Morgan fingerprint density at radius 1 is 0.481 bits per heavy atom. The van der Waals surface area contributed by atoms with Gasteiger partial charge in [-0.15, -0.1) is 0 Å². The van der Waals surface area contributed by atoms with Crippen LogP contribution in [0.25, 0.3) is 0 Å². The first-order chi connectivity index (χ1) is 51.2. The average Bonchev–Trinajstić information content (AvgIpc) is 1.39. The fourth-order valence-electron chi connectivity index (χ4n) is 18.7. The summed E-state index contributed by atoms with van der Waals surface area (Å²) in [5.41, 5.74) is 0.0470. The average molecular weight is 1500 g/mol. The minimum absolute atomic E-state index is 0. The molecule has 0 radical (unpaired) electrons. The van der Waals surface area contributed by atoms with E-state index in [2.05, 4.69) is 10.6 Å². The minimum atomic E-state index is -1.34. The van der Waals surface area contributed by atoms with E-state index < -0.39 is 133 Å². The summed E-state index contributed by atoms with van der Waals surface area (Å²) in [6, 6.07) is 10.2. The van der Waals surface area contributed by atoms with Gasteiger partial charge in [-0.3, -0.25) is 38.4 Å². The van der Waals surface area contributed by atoms with Crippen molar-refractivity contribution >= 4 is 35.5 Å². The van der Waals surface area contributed by atoms with E-state index in [4.69, 9.17) is 24.7 Å². The number of ether oxygens (including phenoxy) is 4. The van der Waals surface area contributed by atoms with Gasteiger partial charge in [0.15, 0.2) is 53.0 Å². The SMILES string of the molecule is C.COc1c2n(cc(C(=O)O)c1=O)CC1O[C@H]3CC[C@H](C3)N1C2=O.NC1(c2ccc(F)cc2F)CCCC1.O=C(NC1(c2ccc(F)cc2F)CCCC1)c1cn2c(c(O)c1=O)C(=O)N1C(C2)O[C@H]2CC[C@@H]1C2.O=C(NC1(c2ccc(F)cc2F)CCCC1)c1cn2c(c(O)c1=O)C(=O)N1C(C2)O[C@H]2CC[C@@H]1C2. The van der Waals surface area contributed by atoms with Crippen LogP contribution in [-0.2, 0) is 50.5 Å². The minimum Gasteiger partial charge on any atom is -0.503 e. The normalized spacial score (nSPS) is 25.7. The van der Waals surface area contributed by atoms with E-state index in [1.165, 1.54) is 63.7 Å². The molecule has 3 unspecified atom stereocenters. The number of benzene rings is 3. The number of rotatable bonds is 9. The van der Waals surface area contributed by atoms with Gasteiger partial charge in [0.25, 0.3) is 29.5 Å². The largest absolute Gasteiger partial charge is 0.503 e. The van der Waals surface area contributed by atoms with Gasteiger partial charge in [-0.1, -0.05) is 64.2 Å². The quantitative estimate of drug-likeness (QED) is 0.0735. The van der Waals surface area contributed by atoms with Crippen molar-refractivity contribution in [3.8, 4) is 17.2 Å². The van der Waals surface area contributed by atoms with Crippen molar-refractivity contribution in [3.05, 3.63) is 189 Å². The maximum Gasteiger partial charge on any atom is 0.341 e. The highest BCUT2D eigenvalue weighted by Gasteiger charge is 2.52. The summed E-state index contributed by atoms with van der Waals surface area (Å²) in [5, 5.41) is 36.2. The zero-order valence-corrected chi connectivity index (χ0v) is 58.3. The molecule has 9 fully saturated rings. The molecule has 574 valence electrons. The van der Waals surface area contributed by atoms with Crippen molar-refractivity contribution < 1.29 is 89.4 Å². The van der Waals surface area contributed by atoms with Crippen LogP contribution >= 0.6 is 0 Å². The number of fused-ring (bicyclic) bond motifs is 15. The molecule has 6 bridgehead atoms. The molecule has 31 heteroatoms. The maximum atomic E-state index is 14.7.